The van der Waals surface area contributed by atoms with Crippen LogP contribution in [-0.2, 0) is 12.3 Å². The van der Waals surface area contributed by atoms with E-state index < -0.39 is 34.5 Å². The zero-order valence-corrected chi connectivity index (χ0v) is 18.2. The molecule has 0 aliphatic carbocycles. The molecule has 2 N–H and O–H groups in total. The Bertz CT molecular complexity index is 264. The first-order valence-electron chi connectivity index (χ1n) is 7.10. The van der Waals surface area contributed by atoms with E-state index in [1.165, 1.54) is 0 Å². The average molecular weight is 340 g/mol. The van der Waals surface area contributed by atoms with Gasteiger partial charge in [-0.15, -0.1) is 0 Å². The predicted octanol–water partition coefficient (Wildman–Crippen LogP) is 2.98. The van der Waals surface area contributed by atoms with E-state index in [0.29, 0.717) is 6.54 Å². The van der Waals surface area contributed by atoms with Crippen LogP contribution in [0, 0.1) is 0 Å². The molecule has 116 valence electrons. The van der Waals surface area contributed by atoms with Gasteiger partial charge in [0, 0.05) is 0 Å². The van der Waals surface area contributed by atoms with Crippen molar-refractivity contribution in [2.24, 2.45) is 5.73 Å². The van der Waals surface area contributed by atoms with Crippen LogP contribution in [0.15, 0.2) is 0 Å². The second-order valence-corrected chi connectivity index (χ2v) is 22.7. The van der Waals surface area contributed by atoms with E-state index in [0.717, 1.165) is 12.5 Å². The van der Waals surface area contributed by atoms with E-state index in [9.17, 15) is 0 Å². The van der Waals surface area contributed by atoms with Crippen molar-refractivity contribution in [1.29, 1.82) is 0 Å². The summed E-state index contributed by atoms with van der Waals surface area (Å²) in [6, 6.07) is 0.992. The molecule has 0 aliphatic heterocycles. The number of hydrogen-bond acceptors (Lipinski definition) is 4. The summed E-state index contributed by atoms with van der Waals surface area (Å²) in [6.07, 6.45) is 0.985. The van der Waals surface area contributed by atoms with Gasteiger partial charge in [0.1, 0.15) is 0 Å². The molecule has 0 rings (SSSR count). The fourth-order valence-corrected chi connectivity index (χ4v) is 16.2. The topological polar surface area (TPSA) is 53.7 Å². The van der Waals surface area contributed by atoms with Gasteiger partial charge in [-0.05, 0) is 71.4 Å². The second kappa shape index (κ2) is 7.64. The molecule has 0 radical (unpaired) electrons. The van der Waals surface area contributed by atoms with Crippen LogP contribution >= 0.6 is 0 Å². The summed E-state index contributed by atoms with van der Waals surface area (Å²) in [5, 5.41) is 0. The maximum atomic E-state index is 6.34. The lowest BCUT2D eigenvalue weighted by Crippen LogP contribution is -2.50. The molecule has 0 aliphatic rings. The first kappa shape index (κ1) is 19.7. The monoisotopic (exact) mass is 339 g/mol. The minimum atomic E-state index is -2.07. The Hall–Kier alpha value is 0.708. The molecule has 0 aromatic carbocycles. The number of rotatable bonds is 9. The van der Waals surface area contributed by atoms with E-state index >= 15 is 0 Å². The zero-order chi connectivity index (χ0) is 15.3. The molecule has 19 heavy (non-hydrogen) atoms. The van der Waals surface area contributed by atoms with Crippen molar-refractivity contribution < 1.29 is 12.3 Å². The molecule has 0 saturated heterocycles. The van der Waals surface area contributed by atoms with Gasteiger partial charge >= 0.3 is 17.8 Å². The van der Waals surface area contributed by atoms with E-state index in [1.54, 1.807) is 0 Å². The third-order valence-electron chi connectivity index (χ3n) is 2.10. The maximum Gasteiger partial charge on any atom is 0.312 e. The summed E-state index contributed by atoms with van der Waals surface area (Å²) in [6.45, 7) is 18.3. The van der Waals surface area contributed by atoms with Crippen LogP contribution in [0.4, 0.5) is 0 Å². The SMILES string of the molecule is C[Si](C)(C)O[SiH](CCCN)O[Si](C)(C)O[Si](C)(C)C. The molecule has 0 heterocycles. The van der Waals surface area contributed by atoms with Crippen LogP contribution in [0.3, 0.4) is 0 Å². The van der Waals surface area contributed by atoms with Crippen LogP contribution in [0.1, 0.15) is 6.42 Å². The van der Waals surface area contributed by atoms with Gasteiger partial charge in [-0.25, -0.2) is 0 Å². The Kier molecular flexibility index (Phi) is 7.93. The summed E-state index contributed by atoms with van der Waals surface area (Å²) in [5.74, 6) is 0. The highest BCUT2D eigenvalue weighted by Gasteiger charge is 2.36. The summed E-state index contributed by atoms with van der Waals surface area (Å²) in [4.78, 5) is 0. The van der Waals surface area contributed by atoms with Crippen molar-refractivity contribution in [2.45, 2.75) is 64.8 Å². The van der Waals surface area contributed by atoms with Gasteiger partial charge in [0.05, 0.1) is 0 Å². The molecular formula is C11H33NO3Si4. The lowest BCUT2D eigenvalue weighted by Gasteiger charge is -2.35. The molecule has 1 unspecified atom stereocenters. The fourth-order valence-electron chi connectivity index (χ4n) is 1.90. The summed E-state index contributed by atoms with van der Waals surface area (Å²) < 4.78 is 18.8. The van der Waals surface area contributed by atoms with Crippen LogP contribution in [0.25, 0.3) is 0 Å². The molecule has 0 saturated carbocycles. The van der Waals surface area contributed by atoms with Crippen LogP contribution in [0.5, 0.6) is 0 Å². The van der Waals surface area contributed by atoms with E-state index in [1.807, 2.05) is 0 Å². The quantitative estimate of drug-likeness (QED) is 0.656. The van der Waals surface area contributed by atoms with Gasteiger partial charge in [-0.3, -0.25) is 0 Å². The van der Waals surface area contributed by atoms with E-state index in [4.69, 9.17) is 18.1 Å². The van der Waals surface area contributed by atoms with Crippen molar-refractivity contribution in [3.63, 3.8) is 0 Å². The molecule has 0 spiro atoms. The van der Waals surface area contributed by atoms with Gasteiger partial charge < -0.3 is 18.1 Å². The van der Waals surface area contributed by atoms with Gasteiger partial charge in [0.25, 0.3) is 0 Å². The lowest BCUT2D eigenvalue weighted by atomic mass is 10.5. The molecule has 0 amide bonds. The lowest BCUT2D eigenvalue weighted by molar-refractivity contribution is 0.345. The van der Waals surface area contributed by atoms with Crippen molar-refractivity contribution in [3.8, 4) is 0 Å². The van der Waals surface area contributed by atoms with Gasteiger partial charge in [0.15, 0.2) is 16.6 Å². The molecule has 0 aromatic rings. The van der Waals surface area contributed by atoms with Crippen LogP contribution < -0.4 is 5.73 Å². The molecule has 0 aromatic heterocycles. The number of nitrogens with two attached hydrogens (primary N) is 1. The summed E-state index contributed by atoms with van der Waals surface area (Å²) in [7, 11) is -6.84. The highest BCUT2D eigenvalue weighted by Crippen LogP contribution is 2.20. The Morgan fingerprint density at radius 1 is 0.842 bits per heavy atom. The third kappa shape index (κ3) is 12.2. The normalized spacial score (nSPS) is 15.6. The second-order valence-electron chi connectivity index (χ2n) is 7.32. The Morgan fingerprint density at radius 2 is 1.37 bits per heavy atom. The van der Waals surface area contributed by atoms with Gasteiger partial charge in [-0.2, -0.15) is 0 Å². The number of hydrogen-bond donors (Lipinski definition) is 1. The first-order chi connectivity index (χ1) is 8.35. The van der Waals surface area contributed by atoms with Crippen LogP contribution in [0.2, 0.25) is 58.4 Å². The van der Waals surface area contributed by atoms with Crippen LogP contribution in [-0.4, -0.2) is 41.0 Å². The van der Waals surface area contributed by atoms with Crippen molar-refractivity contribution in [3.05, 3.63) is 0 Å². The third-order valence-corrected chi connectivity index (χ3v) is 14.6. The summed E-state index contributed by atoms with van der Waals surface area (Å²) in [5.41, 5.74) is 5.62. The largest absolute Gasteiger partial charge is 0.439 e. The predicted molar refractivity (Wildman–Crippen MR) is 93.1 cm³/mol. The standard InChI is InChI=1S/C11H33NO3Si4/c1-17(2,3)13-16(11-9-10-12)14-19(7,8)15-18(4,5)6/h16H,9-12H2,1-8H3. The Morgan fingerprint density at radius 3 is 1.74 bits per heavy atom. The minimum absolute atomic E-state index is 0.707. The molecule has 4 nitrogen and oxygen atoms in total. The fraction of sp³-hybridized carbons (Fsp3) is 1.00. The molecule has 0 fully saturated rings. The Balaban J connectivity index is 4.60. The molecule has 1 atom stereocenters. The maximum absolute atomic E-state index is 6.34. The van der Waals surface area contributed by atoms with Crippen molar-refractivity contribution in [2.75, 3.05) is 6.54 Å². The zero-order valence-electron chi connectivity index (χ0n) is 14.0. The summed E-state index contributed by atoms with van der Waals surface area (Å²) >= 11 is 0. The molecule has 8 heteroatoms. The Labute approximate surface area is 124 Å². The van der Waals surface area contributed by atoms with E-state index in [2.05, 4.69) is 52.4 Å². The van der Waals surface area contributed by atoms with Gasteiger partial charge in [-0.1, -0.05) is 0 Å². The highest BCUT2D eigenvalue weighted by molar-refractivity contribution is 6.85. The molecular weight excluding hydrogens is 306 g/mol. The first-order valence-corrected chi connectivity index (χ1v) is 18.5. The average Bonchev–Trinajstić information content (AvgIpc) is 2.06. The van der Waals surface area contributed by atoms with E-state index in [-0.39, 0.29) is 0 Å². The van der Waals surface area contributed by atoms with Gasteiger partial charge in [0.2, 0.25) is 0 Å². The highest BCUT2D eigenvalue weighted by atomic mass is 28.5. The van der Waals surface area contributed by atoms with Crippen molar-refractivity contribution in [1.82, 2.24) is 0 Å². The molecule has 0 bridgehead atoms. The smallest absolute Gasteiger partial charge is 0.312 e. The minimum Gasteiger partial charge on any atom is -0.439 e. The van der Waals surface area contributed by atoms with Crippen molar-refractivity contribution >= 4 is 34.5 Å².